The fourth-order valence-corrected chi connectivity index (χ4v) is 2.04. The fraction of sp³-hybridized carbons (Fsp3) is 0.600. The number of benzene rings is 1. The largest absolute Gasteiger partial charge is 0.0561 e. The van der Waals surface area contributed by atoms with Crippen LogP contribution in [0.5, 0.6) is 0 Å². The highest BCUT2D eigenvalue weighted by Gasteiger charge is 2.39. The van der Waals surface area contributed by atoms with Gasteiger partial charge in [-0.15, -0.1) is 0 Å². The average molecular weight is 202 g/mol. The van der Waals surface area contributed by atoms with Crippen molar-refractivity contribution in [1.29, 1.82) is 0 Å². The van der Waals surface area contributed by atoms with E-state index in [0.717, 1.165) is 0 Å². The van der Waals surface area contributed by atoms with E-state index < -0.39 is 0 Å². The smallest absolute Gasteiger partial charge is 0.00744 e. The molecule has 1 aromatic carbocycles. The summed E-state index contributed by atoms with van der Waals surface area (Å²) in [6.07, 6.45) is 2.72. The van der Waals surface area contributed by atoms with Crippen LogP contribution in [0.25, 0.3) is 0 Å². The Bertz CT molecular complexity index is 352. The molecule has 0 aliphatic heterocycles. The zero-order chi connectivity index (χ0) is 11.3. The zero-order valence-corrected chi connectivity index (χ0v) is 10.6. The van der Waals surface area contributed by atoms with Crippen molar-refractivity contribution < 1.29 is 0 Å². The van der Waals surface area contributed by atoms with E-state index in [2.05, 4.69) is 52.8 Å². The lowest BCUT2D eigenvalue weighted by molar-refractivity contribution is 0.587. The van der Waals surface area contributed by atoms with Gasteiger partial charge >= 0.3 is 0 Å². The molecule has 1 aliphatic rings. The minimum atomic E-state index is 0.270. The quantitative estimate of drug-likeness (QED) is 0.635. The molecule has 0 unspecified atom stereocenters. The van der Waals surface area contributed by atoms with E-state index in [-0.39, 0.29) is 5.41 Å². The predicted octanol–water partition coefficient (Wildman–Crippen LogP) is 4.34. The van der Waals surface area contributed by atoms with Gasteiger partial charge in [0.1, 0.15) is 0 Å². The first-order valence-electron chi connectivity index (χ1n) is 5.94. The molecule has 0 saturated heterocycles. The van der Waals surface area contributed by atoms with Gasteiger partial charge in [-0.3, -0.25) is 0 Å². The molecule has 0 N–H and O–H groups in total. The fourth-order valence-electron chi connectivity index (χ4n) is 2.04. The maximum absolute atomic E-state index is 2.42. The van der Waals surface area contributed by atoms with E-state index in [0.29, 0.717) is 5.41 Å². The Labute approximate surface area is 93.7 Å². The van der Waals surface area contributed by atoms with Gasteiger partial charge in [-0.1, -0.05) is 51.5 Å². The monoisotopic (exact) mass is 202 g/mol. The Hall–Kier alpha value is -0.780. The lowest BCUT2D eigenvalue weighted by Gasteiger charge is -2.22. The molecule has 0 radical (unpaired) electrons. The van der Waals surface area contributed by atoms with Crippen molar-refractivity contribution in [3.63, 3.8) is 0 Å². The third-order valence-corrected chi connectivity index (χ3v) is 3.64. The van der Waals surface area contributed by atoms with Crippen LogP contribution in [0.1, 0.15) is 57.2 Å². The van der Waals surface area contributed by atoms with E-state index >= 15 is 0 Å². The summed E-state index contributed by atoms with van der Waals surface area (Å²) in [4.78, 5) is 0. The highest BCUT2D eigenvalue weighted by molar-refractivity contribution is 5.39. The lowest BCUT2D eigenvalue weighted by atomic mass is 9.83. The molecule has 1 saturated carbocycles. The van der Waals surface area contributed by atoms with Crippen molar-refractivity contribution in [2.75, 3.05) is 0 Å². The molecule has 0 aromatic heterocycles. The number of aryl methyl sites for hydroxylation is 1. The second-order valence-corrected chi connectivity index (χ2v) is 6.40. The topological polar surface area (TPSA) is 0 Å². The lowest BCUT2D eigenvalue weighted by Crippen LogP contribution is -2.13. The van der Waals surface area contributed by atoms with E-state index in [1.807, 2.05) is 0 Å². The van der Waals surface area contributed by atoms with Crippen molar-refractivity contribution in [2.45, 2.75) is 58.3 Å². The second kappa shape index (κ2) is 3.10. The molecule has 1 aliphatic carbocycles. The molecular weight excluding hydrogens is 180 g/mol. The Morgan fingerprint density at radius 1 is 1.07 bits per heavy atom. The number of hydrogen-bond donors (Lipinski definition) is 0. The summed E-state index contributed by atoms with van der Waals surface area (Å²) in [6.45, 7) is 11.5. The van der Waals surface area contributed by atoms with Gasteiger partial charge in [-0.2, -0.15) is 0 Å². The Morgan fingerprint density at radius 3 is 2.13 bits per heavy atom. The van der Waals surface area contributed by atoms with Crippen molar-refractivity contribution in [2.24, 2.45) is 0 Å². The third kappa shape index (κ3) is 2.09. The van der Waals surface area contributed by atoms with E-state index in [1.165, 1.54) is 24.0 Å². The molecule has 0 spiro atoms. The molecule has 0 amide bonds. The summed E-state index contributed by atoms with van der Waals surface area (Å²) in [6, 6.07) is 7.11. The van der Waals surface area contributed by atoms with Crippen LogP contribution >= 0.6 is 0 Å². The predicted molar refractivity (Wildman–Crippen MR) is 66.5 cm³/mol. The van der Waals surface area contributed by atoms with Crippen LogP contribution in [0.4, 0.5) is 0 Å². The van der Waals surface area contributed by atoms with Crippen molar-refractivity contribution in [3.8, 4) is 0 Å². The highest BCUT2D eigenvalue weighted by Crippen LogP contribution is 2.48. The molecule has 0 atom stereocenters. The summed E-state index contributed by atoms with van der Waals surface area (Å²) in [5, 5.41) is 0. The first-order valence-corrected chi connectivity index (χ1v) is 5.94. The average Bonchev–Trinajstić information content (AvgIpc) is 2.82. The minimum Gasteiger partial charge on any atom is -0.0561 e. The van der Waals surface area contributed by atoms with Crippen molar-refractivity contribution in [1.82, 2.24) is 0 Å². The van der Waals surface area contributed by atoms with Crippen LogP contribution in [0.2, 0.25) is 0 Å². The summed E-state index contributed by atoms with van der Waals surface area (Å²) in [5.41, 5.74) is 5.20. The van der Waals surface area contributed by atoms with Gasteiger partial charge < -0.3 is 0 Å². The van der Waals surface area contributed by atoms with E-state index in [9.17, 15) is 0 Å². The summed E-state index contributed by atoms with van der Waals surface area (Å²) < 4.78 is 0. The minimum absolute atomic E-state index is 0.270. The maximum Gasteiger partial charge on any atom is -0.00744 e. The number of hydrogen-bond acceptors (Lipinski definition) is 0. The Balaban J connectivity index is 2.46. The van der Waals surface area contributed by atoms with Gasteiger partial charge in [-0.25, -0.2) is 0 Å². The van der Waals surface area contributed by atoms with Gasteiger partial charge in [0.05, 0.1) is 0 Å². The van der Waals surface area contributed by atoms with Gasteiger partial charge in [-0.05, 0) is 41.7 Å². The summed E-state index contributed by atoms with van der Waals surface area (Å²) in [7, 11) is 0. The molecule has 0 heterocycles. The summed E-state index contributed by atoms with van der Waals surface area (Å²) in [5.74, 6) is 0. The molecule has 1 aromatic rings. The van der Waals surface area contributed by atoms with Gasteiger partial charge in [0, 0.05) is 0 Å². The number of rotatable bonds is 1. The third-order valence-electron chi connectivity index (χ3n) is 3.64. The van der Waals surface area contributed by atoms with Crippen LogP contribution in [-0.2, 0) is 10.8 Å². The van der Waals surface area contributed by atoms with E-state index in [1.54, 1.807) is 5.56 Å². The van der Waals surface area contributed by atoms with Crippen LogP contribution in [-0.4, -0.2) is 0 Å². The molecule has 0 nitrogen and oxygen atoms in total. The molecule has 0 bridgehead atoms. The Morgan fingerprint density at radius 2 is 1.67 bits per heavy atom. The van der Waals surface area contributed by atoms with Crippen molar-refractivity contribution >= 4 is 0 Å². The highest BCUT2D eigenvalue weighted by atomic mass is 14.4. The maximum atomic E-state index is 2.42. The van der Waals surface area contributed by atoms with Gasteiger partial charge in [0.15, 0.2) is 0 Å². The molecule has 0 heteroatoms. The molecule has 1 fully saturated rings. The first-order chi connectivity index (χ1) is 6.81. The van der Waals surface area contributed by atoms with Crippen LogP contribution in [0.3, 0.4) is 0 Å². The standard InChI is InChI=1S/C15H22/c1-11-8-12(14(2,3)4)10-13(9-11)15(5)6-7-15/h8-10H,6-7H2,1-5H3. The molecule has 82 valence electrons. The molecule has 15 heavy (non-hydrogen) atoms. The zero-order valence-electron chi connectivity index (χ0n) is 10.6. The van der Waals surface area contributed by atoms with Crippen LogP contribution in [0.15, 0.2) is 18.2 Å². The Kier molecular flexibility index (Phi) is 2.22. The molecule has 2 rings (SSSR count). The van der Waals surface area contributed by atoms with Crippen LogP contribution < -0.4 is 0 Å². The normalized spacial score (nSPS) is 19.0. The summed E-state index contributed by atoms with van der Waals surface area (Å²) >= 11 is 0. The van der Waals surface area contributed by atoms with E-state index in [4.69, 9.17) is 0 Å². The second-order valence-electron chi connectivity index (χ2n) is 6.40. The van der Waals surface area contributed by atoms with Gasteiger partial charge in [0.25, 0.3) is 0 Å². The van der Waals surface area contributed by atoms with Crippen LogP contribution in [0, 0.1) is 6.92 Å². The molecular formula is C15H22. The van der Waals surface area contributed by atoms with Crippen molar-refractivity contribution in [3.05, 3.63) is 34.9 Å². The SMILES string of the molecule is Cc1cc(C(C)(C)C)cc(C2(C)CC2)c1. The first kappa shape index (κ1) is 10.7. The van der Waals surface area contributed by atoms with Gasteiger partial charge in [0.2, 0.25) is 0 Å².